The van der Waals surface area contributed by atoms with Gasteiger partial charge in [0.2, 0.25) is 0 Å². The first kappa shape index (κ1) is 14.0. The van der Waals surface area contributed by atoms with E-state index in [1.165, 1.54) is 11.1 Å². The molecular formula is C12H8I4. The smallest absolute Gasteiger partial charge is 0.0622 e. The molecular weight excluding hydrogens is 652 g/mol. The van der Waals surface area contributed by atoms with E-state index in [-0.39, 0.29) is 2.86 Å². The predicted molar refractivity (Wildman–Crippen MR) is 105 cm³/mol. The lowest BCUT2D eigenvalue weighted by Crippen LogP contribution is -2.31. The lowest BCUT2D eigenvalue weighted by atomic mass is 10.00. The van der Waals surface area contributed by atoms with Crippen molar-refractivity contribution in [1.82, 2.24) is 0 Å². The number of benzene rings is 1. The van der Waals surface area contributed by atoms with E-state index in [0.717, 1.165) is 0 Å². The third kappa shape index (κ3) is 2.95. The highest BCUT2D eigenvalue weighted by Crippen LogP contribution is 2.54. The molecule has 0 amide bonds. The Kier molecular flexibility index (Phi) is 4.66. The first-order valence-electron chi connectivity index (χ1n) is 4.65. The Hall–Kier alpha value is 1.62. The maximum Gasteiger partial charge on any atom is 0.119 e. The van der Waals surface area contributed by atoms with Crippen LogP contribution in [-0.4, -0.2) is 2.86 Å². The summed E-state index contributed by atoms with van der Waals surface area (Å²) in [6, 6.07) is 10.5. The molecule has 0 nitrogen and oxygen atoms in total. The van der Waals surface area contributed by atoms with E-state index in [1.54, 1.807) is 0 Å². The van der Waals surface area contributed by atoms with Crippen LogP contribution in [0.5, 0.6) is 0 Å². The molecule has 0 saturated carbocycles. The van der Waals surface area contributed by atoms with Gasteiger partial charge in [-0.05, 0) is 17.2 Å². The van der Waals surface area contributed by atoms with Gasteiger partial charge in [0.15, 0.2) is 0 Å². The highest BCUT2D eigenvalue weighted by atomic mass is 127. The second-order valence-electron chi connectivity index (χ2n) is 3.54. The Bertz CT molecular complexity index is 443. The fraction of sp³-hybridized carbons (Fsp3) is 0.167. The zero-order valence-electron chi connectivity index (χ0n) is 8.13. The summed E-state index contributed by atoms with van der Waals surface area (Å²) in [5.41, 5.74) is 2.60. The second kappa shape index (κ2) is 5.32. The molecule has 0 aliphatic heterocycles. The summed E-state index contributed by atoms with van der Waals surface area (Å²) in [7, 11) is 0. The zero-order valence-corrected chi connectivity index (χ0v) is 16.8. The van der Waals surface area contributed by atoms with Crippen LogP contribution >= 0.6 is 90.4 Å². The molecule has 4 heteroatoms. The van der Waals surface area contributed by atoms with Gasteiger partial charge in [0.25, 0.3) is 0 Å². The van der Waals surface area contributed by atoms with Crippen LogP contribution in [0.2, 0.25) is 0 Å². The SMILES string of the molecule is IC1(I)C=CC(c2ccccc2)=CC1(I)I. The molecule has 0 aromatic heterocycles. The Morgan fingerprint density at radius 2 is 1.44 bits per heavy atom. The number of hydrogen-bond donors (Lipinski definition) is 0. The van der Waals surface area contributed by atoms with Gasteiger partial charge in [-0.25, -0.2) is 0 Å². The molecule has 0 radical (unpaired) electrons. The van der Waals surface area contributed by atoms with E-state index in [9.17, 15) is 0 Å². The summed E-state index contributed by atoms with van der Waals surface area (Å²) in [4.78, 5) is 0. The van der Waals surface area contributed by atoms with Gasteiger partial charge in [0.05, 0.1) is 0 Å². The van der Waals surface area contributed by atoms with Crippen LogP contribution in [0.25, 0.3) is 5.57 Å². The van der Waals surface area contributed by atoms with Gasteiger partial charge in [-0.2, -0.15) is 0 Å². The fourth-order valence-corrected chi connectivity index (χ4v) is 3.16. The number of alkyl halides is 4. The summed E-state index contributed by atoms with van der Waals surface area (Å²) in [5.74, 6) is 0. The van der Waals surface area contributed by atoms with Gasteiger partial charge in [0.1, 0.15) is 2.86 Å². The minimum absolute atomic E-state index is 0.115. The van der Waals surface area contributed by atoms with Crippen LogP contribution < -0.4 is 0 Å². The maximum atomic E-state index is 2.52. The Morgan fingerprint density at radius 3 is 2.00 bits per heavy atom. The topological polar surface area (TPSA) is 0 Å². The normalized spacial score (nSPS) is 21.6. The van der Waals surface area contributed by atoms with Crippen LogP contribution in [0, 0.1) is 0 Å². The summed E-state index contributed by atoms with van der Waals surface area (Å²) in [6.45, 7) is 0. The molecule has 0 N–H and O–H groups in total. The predicted octanol–water partition coefficient (Wildman–Crippen LogP) is 5.77. The van der Waals surface area contributed by atoms with Gasteiger partial charge in [-0.15, -0.1) is 0 Å². The molecule has 2 rings (SSSR count). The molecule has 0 atom stereocenters. The summed E-state index contributed by atoms with van der Waals surface area (Å²) >= 11 is 10.0. The van der Waals surface area contributed by atoms with Crippen molar-refractivity contribution in [3.8, 4) is 0 Å². The monoisotopic (exact) mass is 660 g/mol. The molecule has 1 aromatic rings. The minimum atomic E-state index is 0.115. The van der Waals surface area contributed by atoms with Crippen molar-refractivity contribution in [2.45, 2.75) is 2.86 Å². The molecule has 84 valence electrons. The van der Waals surface area contributed by atoms with E-state index >= 15 is 0 Å². The molecule has 0 bridgehead atoms. The maximum absolute atomic E-state index is 2.52. The third-order valence-corrected chi connectivity index (χ3v) is 11.2. The lowest BCUT2D eigenvalue weighted by molar-refractivity contribution is 1.10. The standard InChI is InChI=1S/C12H8I4/c13-11(14)7-6-10(8-12(11,15)16)9-4-2-1-3-5-9/h1-8H. The van der Waals surface area contributed by atoms with E-state index in [4.69, 9.17) is 0 Å². The Balaban J connectivity index is 2.41. The van der Waals surface area contributed by atoms with Crippen LogP contribution in [0.4, 0.5) is 0 Å². The van der Waals surface area contributed by atoms with Crippen molar-refractivity contribution in [3.63, 3.8) is 0 Å². The molecule has 1 aromatic carbocycles. The molecule has 0 saturated heterocycles. The molecule has 1 aliphatic carbocycles. The molecule has 0 unspecified atom stereocenters. The Morgan fingerprint density at radius 1 is 0.812 bits per heavy atom. The van der Waals surface area contributed by atoms with Crippen molar-refractivity contribution < 1.29 is 0 Å². The quantitative estimate of drug-likeness (QED) is 0.265. The lowest BCUT2D eigenvalue weighted by Gasteiger charge is -2.33. The van der Waals surface area contributed by atoms with Crippen molar-refractivity contribution in [2.75, 3.05) is 0 Å². The molecule has 16 heavy (non-hydrogen) atoms. The first-order valence-corrected chi connectivity index (χ1v) is 8.97. The molecule has 0 heterocycles. The number of rotatable bonds is 1. The number of allylic oxidation sites excluding steroid dienone is 4. The number of halogens is 4. The third-order valence-electron chi connectivity index (χ3n) is 2.36. The summed E-state index contributed by atoms with van der Waals surface area (Å²) in [6.07, 6.45) is 6.86. The fourth-order valence-electron chi connectivity index (χ4n) is 1.46. The van der Waals surface area contributed by atoms with Gasteiger partial charge in [-0.3, -0.25) is 0 Å². The second-order valence-corrected chi connectivity index (χ2v) is 14.5. The van der Waals surface area contributed by atoms with Crippen LogP contribution in [0.15, 0.2) is 48.6 Å². The molecule has 0 spiro atoms. The van der Waals surface area contributed by atoms with E-state index in [2.05, 4.69) is 139 Å². The number of hydrogen-bond acceptors (Lipinski definition) is 0. The van der Waals surface area contributed by atoms with Gasteiger partial charge < -0.3 is 0 Å². The van der Waals surface area contributed by atoms with Gasteiger partial charge >= 0.3 is 0 Å². The first-order chi connectivity index (χ1) is 7.42. The minimum Gasteiger partial charge on any atom is -0.0622 e. The highest BCUT2D eigenvalue weighted by Gasteiger charge is 2.42. The molecule has 1 aliphatic rings. The van der Waals surface area contributed by atoms with Crippen LogP contribution in [-0.2, 0) is 0 Å². The van der Waals surface area contributed by atoms with Gasteiger partial charge in [-0.1, -0.05) is 133 Å². The van der Waals surface area contributed by atoms with E-state index in [0.29, 0.717) is 0 Å². The highest BCUT2D eigenvalue weighted by molar-refractivity contribution is 14.2. The van der Waals surface area contributed by atoms with Crippen LogP contribution in [0.1, 0.15) is 5.56 Å². The van der Waals surface area contributed by atoms with Crippen molar-refractivity contribution in [3.05, 3.63) is 54.1 Å². The summed E-state index contributed by atoms with van der Waals surface area (Å²) < 4.78 is 0.255. The van der Waals surface area contributed by atoms with E-state index in [1.807, 2.05) is 0 Å². The summed E-state index contributed by atoms with van der Waals surface area (Å²) in [5, 5.41) is 0. The average Bonchev–Trinajstić information content (AvgIpc) is 2.23. The molecule has 0 fully saturated rings. The van der Waals surface area contributed by atoms with Crippen molar-refractivity contribution in [1.29, 1.82) is 0 Å². The average molecular weight is 660 g/mol. The zero-order chi connectivity index (χ0) is 11.8. The largest absolute Gasteiger partial charge is 0.119 e. The van der Waals surface area contributed by atoms with Crippen LogP contribution in [0.3, 0.4) is 0 Å². The van der Waals surface area contributed by atoms with E-state index < -0.39 is 0 Å². The van der Waals surface area contributed by atoms with Crippen molar-refractivity contribution >= 4 is 95.9 Å². The van der Waals surface area contributed by atoms with Crippen molar-refractivity contribution in [2.24, 2.45) is 0 Å². The Labute approximate surface area is 150 Å². The van der Waals surface area contributed by atoms with Gasteiger partial charge in [0, 0.05) is 0 Å².